The summed E-state index contributed by atoms with van der Waals surface area (Å²) in [4.78, 5) is 13.3. The van der Waals surface area contributed by atoms with Crippen LogP contribution in [0.2, 0.25) is 5.15 Å². The van der Waals surface area contributed by atoms with Crippen LogP contribution in [-0.2, 0) is 13.0 Å². The molecule has 0 bridgehead atoms. The molecule has 2 N–H and O–H groups in total. The Morgan fingerprint density at radius 2 is 2.17 bits per heavy atom. The van der Waals surface area contributed by atoms with Gasteiger partial charge in [-0.3, -0.25) is 0 Å². The van der Waals surface area contributed by atoms with Crippen molar-refractivity contribution in [3.8, 4) is 0 Å². The maximum absolute atomic E-state index is 5.80. The number of pyridine rings is 1. The number of rotatable bonds is 7. The Bertz CT molecular complexity index is 651. The number of guanidine groups is 1. The molecule has 0 aromatic carbocycles. The summed E-state index contributed by atoms with van der Waals surface area (Å²) in [5.74, 6) is 1.26. The third-order valence-electron chi connectivity index (χ3n) is 3.37. The Balaban J connectivity index is 1.86. The lowest BCUT2D eigenvalue weighted by Crippen LogP contribution is -2.38. The maximum atomic E-state index is 5.80. The highest BCUT2D eigenvalue weighted by Gasteiger charge is 2.05. The third-order valence-corrected chi connectivity index (χ3v) is 4.45. The second-order valence-corrected chi connectivity index (χ2v) is 7.01. The van der Waals surface area contributed by atoms with Crippen LogP contribution in [0.3, 0.4) is 0 Å². The molecule has 0 amide bonds. The number of nitrogens with one attached hydrogen (secondary N) is 2. The predicted octanol–water partition coefficient (Wildman–Crippen LogP) is 3.61. The molecule has 0 radical (unpaired) electrons. The molecule has 5 nitrogen and oxygen atoms in total. The monoisotopic (exact) mass is 365 g/mol. The summed E-state index contributed by atoms with van der Waals surface area (Å²) in [5.41, 5.74) is 2.28. The summed E-state index contributed by atoms with van der Waals surface area (Å²) in [7, 11) is 0. The third kappa shape index (κ3) is 6.09. The molecule has 0 aliphatic heterocycles. The van der Waals surface area contributed by atoms with Gasteiger partial charge in [-0.05, 0) is 30.9 Å². The summed E-state index contributed by atoms with van der Waals surface area (Å²) in [6, 6.07) is 3.80. The summed E-state index contributed by atoms with van der Waals surface area (Å²) < 4.78 is 0. The molecule has 0 saturated carbocycles. The van der Waals surface area contributed by atoms with Crippen molar-refractivity contribution in [3.63, 3.8) is 0 Å². The van der Waals surface area contributed by atoms with E-state index in [1.165, 1.54) is 0 Å². The Labute approximate surface area is 152 Å². The normalized spacial score (nSPS) is 11.8. The Hall–Kier alpha value is -1.66. The van der Waals surface area contributed by atoms with Crippen molar-refractivity contribution in [1.29, 1.82) is 0 Å². The van der Waals surface area contributed by atoms with Crippen molar-refractivity contribution in [3.05, 3.63) is 45.1 Å². The van der Waals surface area contributed by atoms with E-state index in [9.17, 15) is 0 Å². The van der Waals surface area contributed by atoms with E-state index in [-0.39, 0.29) is 0 Å². The molecule has 0 fully saturated rings. The van der Waals surface area contributed by atoms with Crippen molar-refractivity contribution in [2.24, 2.45) is 4.99 Å². The van der Waals surface area contributed by atoms with Crippen LogP contribution in [0.25, 0.3) is 0 Å². The van der Waals surface area contributed by atoms with Crippen LogP contribution in [0.5, 0.6) is 0 Å². The van der Waals surface area contributed by atoms with E-state index in [0.29, 0.717) is 17.6 Å². The number of thiazole rings is 1. The number of halogens is 1. The highest BCUT2D eigenvalue weighted by molar-refractivity contribution is 7.09. The zero-order chi connectivity index (χ0) is 17.4. The first-order valence-electron chi connectivity index (χ1n) is 8.15. The van der Waals surface area contributed by atoms with Crippen LogP contribution in [0.4, 0.5) is 0 Å². The molecule has 2 heterocycles. The SMILES string of the molecule is CCNC(=NCc1nc(C(C)C)cs1)NCCc1ccc(Cl)nc1. The minimum atomic E-state index is 0.457. The molecular weight excluding hydrogens is 342 g/mol. The lowest BCUT2D eigenvalue weighted by Gasteiger charge is -2.10. The molecule has 2 aromatic rings. The zero-order valence-corrected chi connectivity index (χ0v) is 15.9. The van der Waals surface area contributed by atoms with Crippen LogP contribution in [0.1, 0.15) is 43.0 Å². The first-order valence-corrected chi connectivity index (χ1v) is 9.41. The standard InChI is InChI=1S/C17H24ClN5S/c1-4-19-17(20-8-7-13-5-6-15(18)21-9-13)22-10-16-23-14(11-24-16)12(2)3/h5-6,9,11-12H,4,7-8,10H2,1-3H3,(H2,19,20,22). The molecule has 0 spiro atoms. The van der Waals surface area contributed by atoms with E-state index in [4.69, 9.17) is 11.6 Å². The smallest absolute Gasteiger partial charge is 0.191 e. The Kier molecular flexibility index (Phi) is 7.46. The fourth-order valence-corrected chi connectivity index (χ4v) is 3.02. The number of aliphatic imine (C=N–C) groups is 1. The van der Waals surface area contributed by atoms with Gasteiger partial charge in [0.25, 0.3) is 0 Å². The highest BCUT2D eigenvalue weighted by atomic mass is 35.5. The van der Waals surface area contributed by atoms with Crippen LogP contribution >= 0.6 is 22.9 Å². The molecule has 2 rings (SSSR count). The van der Waals surface area contributed by atoms with Gasteiger partial charge in [0.15, 0.2) is 5.96 Å². The van der Waals surface area contributed by atoms with E-state index in [2.05, 4.69) is 51.7 Å². The first-order chi connectivity index (χ1) is 11.6. The maximum Gasteiger partial charge on any atom is 0.191 e. The molecule has 24 heavy (non-hydrogen) atoms. The van der Waals surface area contributed by atoms with Gasteiger partial charge in [0, 0.05) is 24.7 Å². The topological polar surface area (TPSA) is 62.2 Å². The Morgan fingerprint density at radius 3 is 2.79 bits per heavy atom. The van der Waals surface area contributed by atoms with E-state index >= 15 is 0 Å². The summed E-state index contributed by atoms with van der Waals surface area (Å²) in [6.07, 6.45) is 2.67. The van der Waals surface area contributed by atoms with Crippen LogP contribution in [0.15, 0.2) is 28.7 Å². The van der Waals surface area contributed by atoms with Crippen molar-refractivity contribution in [2.45, 2.75) is 39.7 Å². The molecule has 0 saturated heterocycles. The lowest BCUT2D eigenvalue weighted by molar-refractivity contribution is 0.792. The second-order valence-electron chi connectivity index (χ2n) is 5.68. The van der Waals surface area contributed by atoms with Crippen molar-refractivity contribution < 1.29 is 0 Å². The molecular formula is C17H24ClN5S. The average molecular weight is 366 g/mol. The minimum Gasteiger partial charge on any atom is -0.357 e. The van der Waals surface area contributed by atoms with Crippen molar-refractivity contribution >= 4 is 28.9 Å². The molecule has 0 aliphatic carbocycles. The number of aromatic nitrogens is 2. The predicted molar refractivity (Wildman–Crippen MR) is 102 cm³/mol. The fourth-order valence-electron chi connectivity index (χ4n) is 2.03. The van der Waals surface area contributed by atoms with Gasteiger partial charge < -0.3 is 10.6 Å². The van der Waals surface area contributed by atoms with Gasteiger partial charge in [0.2, 0.25) is 0 Å². The minimum absolute atomic E-state index is 0.457. The van der Waals surface area contributed by atoms with Gasteiger partial charge in [-0.1, -0.05) is 31.5 Å². The van der Waals surface area contributed by atoms with Gasteiger partial charge in [-0.25, -0.2) is 15.0 Å². The molecule has 7 heteroatoms. The zero-order valence-electron chi connectivity index (χ0n) is 14.3. The summed E-state index contributed by atoms with van der Waals surface area (Å²) in [5, 5.41) is 10.3. The number of hydrogen-bond acceptors (Lipinski definition) is 4. The van der Waals surface area contributed by atoms with Gasteiger partial charge in [0.05, 0.1) is 12.2 Å². The molecule has 2 aromatic heterocycles. The first kappa shape index (κ1) is 18.7. The Morgan fingerprint density at radius 1 is 1.33 bits per heavy atom. The fraction of sp³-hybridized carbons (Fsp3) is 0.471. The van der Waals surface area contributed by atoms with Crippen LogP contribution in [-0.4, -0.2) is 29.0 Å². The molecule has 0 aliphatic rings. The van der Waals surface area contributed by atoms with Crippen molar-refractivity contribution in [2.75, 3.05) is 13.1 Å². The number of nitrogens with zero attached hydrogens (tertiary/aromatic N) is 3. The summed E-state index contributed by atoms with van der Waals surface area (Å²) >= 11 is 7.46. The van der Waals surface area contributed by atoms with Gasteiger partial charge in [-0.15, -0.1) is 11.3 Å². The lowest BCUT2D eigenvalue weighted by atomic mass is 10.2. The largest absolute Gasteiger partial charge is 0.357 e. The van der Waals surface area contributed by atoms with Gasteiger partial charge >= 0.3 is 0 Å². The number of hydrogen-bond donors (Lipinski definition) is 2. The quantitative estimate of drug-likeness (QED) is 0.447. The highest BCUT2D eigenvalue weighted by Crippen LogP contribution is 2.18. The van der Waals surface area contributed by atoms with E-state index in [0.717, 1.165) is 41.7 Å². The van der Waals surface area contributed by atoms with Crippen molar-refractivity contribution in [1.82, 2.24) is 20.6 Å². The van der Waals surface area contributed by atoms with E-state index in [1.807, 2.05) is 12.1 Å². The van der Waals surface area contributed by atoms with E-state index in [1.54, 1.807) is 17.5 Å². The van der Waals surface area contributed by atoms with Gasteiger partial charge in [-0.2, -0.15) is 0 Å². The van der Waals surface area contributed by atoms with Gasteiger partial charge in [0.1, 0.15) is 10.2 Å². The second kappa shape index (κ2) is 9.59. The molecule has 130 valence electrons. The summed E-state index contributed by atoms with van der Waals surface area (Å²) in [6.45, 7) is 8.56. The average Bonchev–Trinajstić information content (AvgIpc) is 3.04. The molecule has 0 atom stereocenters. The van der Waals surface area contributed by atoms with Crippen LogP contribution < -0.4 is 10.6 Å². The molecule has 0 unspecified atom stereocenters. The van der Waals surface area contributed by atoms with Crippen LogP contribution in [0, 0.1) is 0 Å². The van der Waals surface area contributed by atoms with E-state index < -0.39 is 0 Å².